The van der Waals surface area contributed by atoms with Crippen molar-refractivity contribution >= 4 is 58.2 Å². The summed E-state index contributed by atoms with van der Waals surface area (Å²) >= 11 is 0. The van der Waals surface area contributed by atoms with Crippen molar-refractivity contribution < 1.29 is 43.5 Å². The summed E-state index contributed by atoms with van der Waals surface area (Å²) in [5.41, 5.74) is 14.2. The molecular formula is C40H53N13O9. The van der Waals surface area contributed by atoms with E-state index in [1.807, 2.05) is 38.1 Å². The van der Waals surface area contributed by atoms with Crippen LogP contribution in [0.25, 0.3) is 10.9 Å². The van der Waals surface area contributed by atoms with Crippen LogP contribution >= 0.6 is 0 Å². The number of carboxylic acids is 1. The molecular weight excluding hydrogens is 807 g/mol. The first-order chi connectivity index (χ1) is 29.6. The second-order valence-corrected chi connectivity index (χ2v) is 15.6. The van der Waals surface area contributed by atoms with Gasteiger partial charge in [0, 0.05) is 66.7 Å². The monoisotopic (exact) mass is 859 g/mol. The Morgan fingerprint density at radius 1 is 0.823 bits per heavy atom. The molecule has 0 bridgehead atoms. The molecule has 22 heteroatoms. The maximum atomic E-state index is 14.4. The van der Waals surface area contributed by atoms with Crippen molar-refractivity contribution in [2.24, 2.45) is 17.4 Å². The first-order valence-corrected chi connectivity index (χ1v) is 20.1. The Morgan fingerprint density at radius 3 is 2.15 bits per heavy atom. The fourth-order valence-electron chi connectivity index (χ4n) is 7.23. The number of rotatable bonds is 22. The zero-order valence-corrected chi connectivity index (χ0v) is 34.3. The lowest BCUT2D eigenvalue weighted by Crippen LogP contribution is -2.58. The van der Waals surface area contributed by atoms with Gasteiger partial charge in [0.15, 0.2) is 0 Å². The number of imidazole rings is 2. The quantitative estimate of drug-likeness (QED) is 0.0410. The zero-order chi connectivity index (χ0) is 44.9. The third-order valence-electron chi connectivity index (χ3n) is 10.3. The van der Waals surface area contributed by atoms with Crippen LogP contribution < -0.4 is 38.1 Å². The van der Waals surface area contributed by atoms with Gasteiger partial charge in [0.1, 0.15) is 30.2 Å². The number of nitrogens with one attached hydrogen (secondary N) is 8. The van der Waals surface area contributed by atoms with Gasteiger partial charge < -0.3 is 63.0 Å². The van der Waals surface area contributed by atoms with Crippen LogP contribution in [0.2, 0.25) is 0 Å². The van der Waals surface area contributed by atoms with Gasteiger partial charge >= 0.3 is 5.97 Å². The standard InChI is InChI=1S/C40H53N13O9/c1-21(2)10-28(36(57)46-18-34(55)49-29(14-33(42)54)37(58)52-31(40(61)62)13-24-17-44-20-48-24)50-38(59)32-8-5-9-53(32)39(60)30(11-22-15-45-27-7-4-3-6-25(22)27)51-35(56)26(41)12-23-16-43-19-47-23/h3-4,6-7,15-17,19-21,26,28-32,45H,5,8-14,18,41H2,1-2H3,(H2,42,54)(H,43,47)(H,44,48)(H,46,57)(H,49,55)(H,50,59)(H,51,56)(H,52,58)(H,61,62)/t26-,28-,29-,30-,31-,32-/m0/s1. The third kappa shape index (κ3) is 12.7. The minimum absolute atomic E-state index is 0.0872. The van der Waals surface area contributed by atoms with Gasteiger partial charge in [0.25, 0.3) is 0 Å². The van der Waals surface area contributed by atoms with Gasteiger partial charge in [-0.3, -0.25) is 33.6 Å². The predicted molar refractivity (Wildman–Crippen MR) is 221 cm³/mol. The third-order valence-corrected chi connectivity index (χ3v) is 10.3. The summed E-state index contributed by atoms with van der Waals surface area (Å²) < 4.78 is 0. The predicted octanol–water partition coefficient (Wildman–Crippen LogP) is -1.98. The minimum atomic E-state index is -1.57. The number of aliphatic carboxylic acids is 1. The van der Waals surface area contributed by atoms with Crippen molar-refractivity contribution in [2.45, 2.75) is 95.0 Å². The number of hydrogen-bond acceptors (Lipinski definition) is 11. The fourth-order valence-corrected chi connectivity index (χ4v) is 7.23. The van der Waals surface area contributed by atoms with Crippen molar-refractivity contribution in [1.82, 2.24) is 56.4 Å². The van der Waals surface area contributed by atoms with E-state index in [-0.39, 0.29) is 44.6 Å². The van der Waals surface area contributed by atoms with Crippen molar-refractivity contribution in [1.29, 1.82) is 0 Å². The molecule has 332 valence electrons. The van der Waals surface area contributed by atoms with E-state index >= 15 is 0 Å². The number of carbonyl (C=O) groups excluding carboxylic acids is 7. The Bertz CT molecular complexity index is 2210. The number of likely N-dealkylation sites (tertiary alicyclic amines) is 1. The number of aromatic amines is 3. The molecule has 13 N–H and O–H groups in total. The molecule has 22 nitrogen and oxygen atoms in total. The van der Waals surface area contributed by atoms with Gasteiger partial charge in [-0.05, 0) is 36.8 Å². The largest absolute Gasteiger partial charge is 0.480 e. The number of H-pyrrole nitrogens is 3. The lowest BCUT2D eigenvalue weighted by molar-refractivity contribution is -0.142. The number of carboxylic acid groups (broad SMARTS) is 1. The first kappa shape index (κ1) is 46.0. The number of aromatic nitrogens is 5. The second kappa shape index (κ2) is 21.4. The van der Waals surface area contributed by atoms with Crippen LogP contribution in [0.5, 0.6) is 0 Å². The normalized spacial score (nSPS) is 16.1. The van der Waals surface area contributed by atoms with Gasteiger partial charge in [-0.2, -0.15) is 0 Å². The SMILES string of the molecule is CC(C)C[C@H](NC(=O)[C@@H]1CCCN1C(=O)[C@H](Cc1c[nH]c2ccccc12)NC(=O)[C@@H](N)Cc1cnc[nH]1)C(=O)NCC(=O)N[C@@H](CC(N)=O)C(=O)N[C@@H](Cc1cnc[nH]1)C(=O)O. The Labute approximate surface area is 355 Å². The molecule has 0 spiro atoms. The van der Waals surface area contributed by atoms with Gasteiger partial charge in [0.2, 0.25) is 41.4 Å². The molecule has 0 saturated carbocycles. The highest BCUT2D eigenvalue weighted by Gasteiger charge is 2.40. The second-order valence-electron chi connectivity index (χ2n) is 15.6. The van der Waals surface area contributed by atoms with Crippen LogP contribution in [0.15, 0.2) is 55.5 Å². The van der Waals surface area contributed by atoms with E-state index in [1.54, 1.807) is 12.4 Å². The maximum absolute atomic E-state index is 14.4. The van der Waals surface area contributed by atoms with Crippen molar-refractivity contribution in [2.75, 3.05) is 13.1 Å². The lowest BCUT2D eigenvalue weighted by atomic mass is 10.0. The number of nitrogens with zero attached hydrogens (tertiary/aromatic N) is 3. The van der Waals surface area contributed by atoms with Crippen LogP contribution in [-0.2, 0) is 57.6 Å². The van der Waals surface area contributed by atoms with Gasteiger partial charge in [-0.25, -0.2) is 14.8 Å². The highest BCUT2D eigenvalue weighted by molar-refractivity contribution is 5.97. The van der Waals surface area contributed by atoms with Crippen LogP contribution in [0.1, 0.15) is 56.5 Å². The summed E-state index contributed by atoms with van der Waals surface area (Å²) in [5.74, 6) is -6.82. The van der Waals surface area contributed by atoms with Crippen LogP contribution in [0, 0.1) is 5.92 Å². The summed E-state index contributed by atoms with van der Waals surface area (Å²) in [6.07, 6.45) is 7.75. The number of fused-ring (bicyclic) bond motifs is 1. The minimum Gasteiger partial charge on any atom is -0.480 e. The van der Waals surface area contributed by atoms with E-state index in [0.717, 1.165) is 16.5 Å². The summed E-state index contributed by atoms with van der Waals surface area (Å²) in [4.78, 5) is 123. The summed E-state index contributed by atoms with van der Waals surface area (Å²) in [7, 11) is 0. The molecule has 0 unspecified atom stereocenters. The number of nitrogens with two attached hydrogens (primary N) is 2. The van der Waals surface area contributed by atoms with Gasteiger partial charge in [0.05, 0.1) is 31.7 Å². The maximum Gasteiger partial charge on any atom is 0.326 e. The molecule has 1 fully saturated rings. The Morgan fingerprint density at radius 2 is 1.50 bits per heavy atom. The molecule has 3 aromatic heterocycles. The van der Waals surface area contributed by atoms with Crippen molar-refractivity contribution in [3.05, 3.63) is 72.5 Å². The van der Waals surface area contributed by atoms with Crippen molar-refractivity contribution in [3.8, 4) is 0 Å². The number of hydrogen-bond donors (Lipinski definition) is 11. The average Bonchev–Trinajstić information content (AvgIpc) is 4.07. The average molecular weight is 860 g/mol. The highest BCUT2D eigenvalue weighted by atomic mass is 16.4. The Hall–Kier alpha value is -7.10. The molecule has 4 aromatic rings. The topological polar surface area (TPSA) is 345 Å². The summed E-state index contributed by atoms with van der Waals surface area (Å²) in [6.45, 7) is 3.16. The van der Waals surface area contributed by atoms with E-state index in [9.17, 15) is 43.5 Å². The first-order valence-electron chi connectivity index (χ1n) is 20.1. The molecule has 0 aliphatic carbocycles. The molecule has 1 aromatic carbocycles. The van der Waals surface area contributed by atoms with Gasteiger partial charge in [-0.1, -0.05) is 32.0 Å². The number of amides is 7. The number of primary amides is 1. The Balaban J connectivity index is 1.23. The molecule has 5 rings (SSSR count). The lowest BCUT2D eigenvalue weighted by Gasteiger charge is -2.30. The number of carbonyl (C=O) groups is 8. The zero-order valence-electron chi connectivity index (χ0n) is 34.3. The van der Waals surface area contributed by atoms with E-state index < -0.39 is 96.5 Å². The molecule has 0 radical (unpaired) electrons. The Kier molecular flexibility index (Phi) is 15.9. The van der Waals surface area contributed by atoms with Crippen LogP contribution in [0.4, 0.5) is 0 Å². The molecule has 4 heterocycles. The number of benzene rings is 1. The molecule has 7 amide bonds. The molecule has 62 heavy (non-hydrogen) atoms. The van der Waals surface area contributed by atoms with E-state index in [1.165, 1.54) is 23.8 Å². The molecule has 1 aliphatic heterocycles. The highest BCUT2D eigenvalue weighted by Crippen LogP contribution is 2.23. The van der Waals surface area contributed by atoms with E-state index in [0.29, 0.717) is 17.8 Å². The summed E-state index contributed by atoms with van der Waals surface area (Å²) in [6, 6.07) is 0.208. The van der Waals surface area contributed by atoms with E-state index in [2.05, 4.69) is 51.5 Å². The molecule has 1 aliphatic rings. The van der Waals surface area contributed by atoms with Crippen LogP contribution in [0.3, 0.4) is 0 Å². The number of para-hydroxylation sites is 1. The van der Waals surface area contributed by atoms with E-state index in [4.69, 9.17) is 11.5 Å². The smallest absolute Gasteiger partial charge is 0.326 e. The van der Waals surface area contributed by atoms with Crippen molar-refractivity contribution in [3.63, 3.8) is 0 Å². The van der Waals surface area contributed by atoms with Crippen LogP contribution in [-0.4, -0.2) is 132 Å². The summed E-state index contributed by atoms with van der Waals surface area (Å²) in [5, 5.41) is 23.1. The fraction of sp³-hybridized carbons (Fsp3) is 0.450. The molecule has 1 saturated heterocycles. The molecule has 6 atom stereocenters. The van der Waals surface area contributed by atoms with Gasteiger partial charge in [-0.15, -0.1) is 0 Å².